The zero-order valence-corrected chi connectivity index (χ0v) is 13.6. The van der Waals surface area contributed by atoms with Crippen LogP contribution in [-0.4, -0.2) is 54.3 Å². The molecule has 0 atom stereocenters. The zero-order valence-electron chi connectivity index (χ0n) is 13.6. The van der Waals surface area contributed by atoms with Crippen LogP contribution in [0, 0.1) is 0 Å². The van der Waals surface area contributed by atoms with Crippen molar-refractivity contribution in [3.63, 3.8) is 0 Å². The van der Waals surface area contributed by atoms with E-state index in [9.17, 15) is 9.59 Å². The molecule has 0 bridgehead atoms. The molecule has 1 aromatic carbocycles. The molecule has 5 heteroatoms. The summed E-state index contributed by atoms with van der Waals surface area (Å²) in [6.45, 7) is 3.11. The summed E-state index contributed by atoms with van der Waals surface area (Å²) in [5.74, 6) is 0.227. The number of para-hydroxylation sites is 1. The van der Waals surface area contributed by atoms with E-state index in [1.807, 2.05) is 42.2 Å². The number of piperidine rings is 1. The highest BCUT2D eigenvalue weighted by Gasteiger charge is 2.42. The number of anilines is 1. The van der Waals surface area contributed by atoms with E-state index in [1.165, 1.54) is 0 Å². The molecule has 2 amide bonds. The summed E-state index contributed by atoms with van der Waals surface area (Å²) in [6, 6.07) is 9.79. The van der Waals surface area contributed by atoms with E-state index in [0.717, 1.165) is 5.69 Å². The Labute approximate surface area is 132 Å². The second-order valence-electron chi connectivity index (χ2n) is 6.01. The van der Waals surface area contributed by atoms with Gasteiger partial charge in [-0.3, -0.25) is 9.59 Å². The van der Waals surface area contributed by atoms with Gasteiger partial charge in [-0.05, 0) is 25.0 Å². The summed E-state index contributed by atoms with van der Waals surface area (Å²) < 4.78 is 0. The second-order valence-corrected chi connectivity index (χ2v) is 6.01. The highest BCUT2D eigenvalue weighted by Crippen LogP contribution is 2.29. The molecule has 0 unspecified atom stereocenters. The molecule has 0 aromatic heterocycles. The number of carbonyl (C=O) groups is 2. The van der Waals surface area contributed by atoms with Crippen molar-refractivity contribution in [3.8, 4) is 0 Å². The lowest BCUT2D eigenvalue weighted by atomic mass is 9.85. The molecule has 1 saturated heterocycles. The van der Waals surface area contributed by atoms with Crippen LogP contribution in [0.4, 0.5) is 5.69 Å². The van der Waals surface area contributed by atoms with Crippen molar-refractivity contribution in [2.45, 2.75) is 31.7 Å². The Balaban J connectivity index is 2.18. The third kappa shape index (κ3) is 3.40. The van der Waals surface area contributed by atoms with Gasteiger partial charge in [0.2, 0.25) is 11.8 Å². The summed E-state index contributed by atoms with van der Waals surface area (Å²) in [5.41, 5.74) is 0.308. The molecule has 1 aliphatic heterocycles. The molecule has 1 N–H and O–H groups in total. The minimum Gasteiger partial charge on any atom is -0.371 e. The van der Waals surface area contributed by atoms with Gasteiger partial charge in [-0.15, -0.1) is 0 Å². The molecule has 5 nitrogen and oxygen atoms in total. The normalized spacial score (nSPS) is 17.0. The maximum absolute atomic E-state index is 12.7. The van der Waals surface area contributed by atoms with E-state index in [1.54, 1.807) is 19.0 Å². The second kappa shape index (κ2) is 6.81. The third-order valence-corrected chi connectivity index (χ3v) is 4.25. The lowest BCUT2D eigenvalue weighted by Crippen LogP contribution is -2.58. The van der Waals surface area contributed by atoms with Crippen LogP contribution < -0.4 is 5.32 Å². The molecule has 0 spiro atoms. The van der Waals surface area contributed by atoms with Gasteiger partial charge in [-0.1, -0.05) is 25.1 Å². The van der Waals surface area contributed by atoms with Gasteiger partial charge in [0.15, 0.2) is 0 Å². The molecule has 0 saturated carbocycles. The Morgan fingerprint density at radius 3 is 2.27 bits per heavy atom. The highest BCUT2D eigenvalue weighted by atomic mass is 16.2. The molecule has 2 rings (SSSR count). The van der Waals surface area contributed by atoms with Crippen LogP contribution in [0.2, 0.25) is 0 Å². The monoisotopic (exact) mass is 303 g/mol. The summed E-state index contributed by atoms with van der Waals surface area (Å²) >= 11 is 0. The van der Waals surface area contributed by atoms with Crippen LogP contribution >= 0.6 is 0 Å². The SMILES string of the molecule is CCC(=O)N1CCC(Nc2ccccc2)(C(=O)N(C)C)CC1. The molecule has 1 fully saturated rings. The Hall–Kier alpha value is -2.04. The number of benzene rings is 1. The quantitative estimate of drug-likeness (QED) is 0.925. The Morgan fingerprint density at radius 2 is 1.77 bits per heavy atom. The molecule has 22 heavy (non-hydrogen) atoms. The number of nitrogens with zero attached hydrogens (tertiary/aromatic N) is 2. The van der Waals surface area contributed by atoms with Gasteiger partial charge >= 0.3 is 0 Å². The van der Waals surface area contributed by atoms with Crippen LogP contribution in [0.15, 0.2) is 30.3 Å². The largest absolute Gasteiger partial charge is 0.371 e. The number of rotatable bonds is 4. The van der Waals surface area contributed by atoms with Gasteiger partial charge in [0.05, 0.1) is 0 Å². The minimum atomic E-state index is -0.630. The van der Waals surface area contributed by atoms with Gasteiger partial charge in [0, 0.05) is 39.3 Å². The Kier molecular flexibility index (Phi) is 5.06. The summed E-state index contributed by atoms with van der Waals surface area (Å²) in [4.78, 5) is 28.1. The number of carbonyl (C=O) groups excluding carboxylic acids is 2. The van der Waals surface area contributed by atoms with Crippen molar-refractivity contribution in [3.05, 3.63) is 30.3 Å². The first kappa shape index (κ1) is 16.3. The van der Waals surface area contributed by atoms with Crippen LogP contribution in [0.25, 0.3) is 0 Å². The van der Waals surface area contributed by atoms with Crippen molar-refractivity contribution >= 4 is 17.5 Å². The van der Waals surface area contributed by atoms with Crippen molar-refractivity contribution in [1.82, 2.24) is 9.80 Å². The van der Waals surface area contributed by atoms with Gasteiger partial charge in [0.25, 0.3) is 0 Å². The van der Waals surface area contributed by atoms with Crippen LogP contribution in [0.3, 0.4) is 0 Å². The number of hydrogen-bond acceptors (Lipinski definition) is 3. The summed E-state index contributed by atoms with van der Waals surface area (Å²) in [5, 5.41) is 3.42. The minimum absolute atomic E-state index is 0.0694. The van der Waals surface area contributed by atoms with Crippen LogP contribution in [-0.2, 0) is 9.59 Å². The molecule has 1 aromatic rings. The van der Waals surface area contributed by atoms with E-state index >= 15 is 0 Å². The number of hydrogen-bond donors (Lipinski definition) is 1. The first-order valence-corrected chi connectivity index (χ1v) is 7.81. The van der Waals surface area contributed by atoms with Crippen LogP contribution in [0.1, 0.15) is 26.2 Å². The molecule has 120 valence electrons. The number of likely N-dealkylation sites (N-methyl/N-ethyl adjacent to an activating group) is 1. The van der Waals surface area contributed by atoms with Gasteiger partial charge < -0.3 is 15.1 Å². The first-order valence-electron chi connectivity index (χ1n) is 7.81. The summed E-state index contributed by atoms with van der Waals surface area (Å²) in [7, 11) is 3.56. The predicted molar refractivity (Wildman–Crippen MR) is 87.6 cm³/mol. The van der Waals surface area contributed by atoms with E-state index in [0.29, 0.717) is 32.4 Å². The lowest BCUT2D eigenvalue weighted by Gasteiger charge is -2.43. The fourth-order valence-corrected chi connectivity index (χ4v) is 2.98. The topological polar surface area (TPSA) is 52.7 Å². The molecule has 1 heterocycles. The zero-order chi connectivity index (χ0) is 16.2. The average molecular weight is 303 g/mol. The molecular weight excluding hydrogens is 278 g/mol. The standard InChI is InChI=1S/C17H25N3O2/c1-4-15(21)20-12-10-17(11-13-20,16(22)19(2)3)18-14-8-6-5-7-9-14/h5-9,18H,4,10-13H2,1-3H3. The smallest absolute Gasteiger partial charge is 0.247 e. The fourth-order valence-electron chi connectivity index (χ4n) is 2.98. The number of amides is 2. The third-order valence-electron chi connectivity index (χ3n) is 4.25. The van der Waals surface area contributed by atoms with Crippen molar-refractivity contribution in [1.29, 1.82) is 0 Å². The Bertz CT molecular complexity index is 520. The molecule has 0 radical (unpaired) electrons. The fraction of sp³-hybridized carbons (Fsp3) is 0.529. The van der Waals surface area contributed by atoms with E-state index in [4.69, 9.17) is 0 Å². The van der Waals surface area contributed by atoms with Crippen LogP contribution in [0.5, 0.6) is 0 Å². The molecule has 0 aliphatic carbocycles. The van der Waals surface area contributed by atoms with E-state index in [-0.39, 0.29) is 11.8 Å². The maximum atomic E-state index is 12.7. The Morgan fingerprint density at radius 1 is 1.18 bits per heavy atom. The first-order chi connectivity index (χ1) is 10.5. The summed E-state index contributed by atoms with van der Waals surface area (Å²) in [6.07, 6.45) is 1.77. The van der Waals surface area contributed by atoms with Gasteiger partial charge in [0.1, 0.15) is 5.54 Å². The maximum Gasteiger partial charge on any atom is 0.247 e. The number of nitrogens with one attached hydrogen (secondary N) is 1. The van der Waals surface area contributed by atoms with Gasteiger partial charge in [-0.25, -0.2) is 0 Å². The highest BCUT2D eigenvalue weighted by molar-refractivity contribution is 5.89. The number of likely N-dealkylation sites (tertiary alicyclic amines) is 1. The lowest BCUT2D eigenvalue weighted by molar-refractivity contribution is -0.139. The average Bonchev–Trinajstić information content (AvgIpc) is 2.55. The molecule has 1 aliphatic rings. The predicted octanol–water partition coefficient (Wildman–Crippen LogP) is 1.96. The molecular formula is C17H25N3O2. The van der Waals surface area contributed by atoms with Crippen molar-refractivity contribution in [2.75, 3.05) is 32.5 Å². The van der Waals surface area contributed by atoms with E-state index in [2.05, 4.69) is 5.32 Å². The van der Waals surface area contributed by atoms with Gasteiger partial charge in [-0.2, -0.15) is 0 Å². The van der Waals surface area contributed by atoms with Crippen molar-refractivity contribution < 1.29 is 9.59 Å². The van der Waals surface area contributed by atoms with Crippen molar-refractivity contribution in [2.24, 2.45) is 0 Å². The van der Waals surface area contributed by atoms with E-state index < -0.39 is 5.54 Å².